The normalized spacial score (nSPS) is 11.4. The van der Waals surface area contributed by atoms with Gasteiger partial charge in [-0.2, -0.15) is 0 Å². The Bertz CT molecular complexity index is 89.7. The molecule has 0 heterocycles. The fraction of sp³-hybridized carbons (Fsp3) is 0.500. The molecule has 0 unspecified atom stereocenters. The van der Waals surface area contributed by atoms with Crippen LogP contribution in [0.1, 0.15) is 0 Å². The zero-order valence-electron chi connectivity index (χ0n) is 4.34. The van der Waals surface area contributed by atoms with Crippen molar-refractivity contribution < 1.29 is 4.79 Å². The van der Waals surface area contributed by atoms with E-state index in [0.717, 1.165) is 6.29 Å². The maximum atomic E-state index is 9.82. The van der Waals surface area contributed by atoms with Gasteiger partial charge in [0.15, 0.2) is 6.29 Å². The van der Waals surface area contributed by atoms with Gasteiger partial charge < -0.3 is 0 Å². The average Bonchev–Trinajstić information content (AvgIpc) is 1.72. The number of hydrogen-bond acceptors (Lipinski definition) is 3. The summed E-state index contributed by atoms with van der Waals surface area (Å²) in [6.45, 7) is 0. The van der Waals surface area contributed by atoms with Crippen molar-refractivity contribution >= 4 is 23.1 Å². The quantitative estimate of drug-likeness (QED) is 0.285. The first-order valence-corrected chi connectivity index (χ1v) is 3.03. The van der Waals surface area contributed by atoms with Crippen molar-refractivity contribution in [1.82, 2.24) is 0 Å². The fourth-order valence-corrected chi connectivity index (χ4v) is 0.471. The molecule has 0 N–H and O–H groups in total. The molecule has 3 heteroatoms. The summed E-state index contributed by atoms with van der Waals surface area (Å²) in [5.41, 5.74) is 0. The second-order valence-electron chi connectivity index (χ2n) is 0.884. The highest BCUT2D eigenvalue weighted by atomic mass is 32.2. The van der Waals surface area contributed by atoms with Crippen molar-refractivity contribution in [3.8, 4) is 0 Å². The van der Waals surface area contributed by atoms with E-state index in [1.54, 1.807) is 7.05 Å². The summed E-state index contributed by atoms with van der Waals surface area (Å²) in [7, 11) is 1.60. The van der Waals surface area contributed by atoms with Gasteiger partial charge in [0.25, 0.3) is 0 Å². The van der Waals surface area contributed by atoms with Gasteiger partial charge in [-0.1, -0.05) is 0 Å². The SMILES string of the molecule is CN=C(C=O)SC. The van der Waals surface area contributed by atoms with Gasteiger partial charge in [-0.25, -0.2) is 0 Å². The third kappa shape index (κ3) is 2.39. The van der Waals surface area contributed by atoms with E-state index < -0.39 is 0 Å². The Morgan fingerprint density at radius 1 is 1.86 bits per heavy atom. The number of aliphatic imine (C=N–C) groups is 1. The molecular formula is C4H7NOS. The first-order valence-electron chi connectivity index (χ1n) is 1.81. The van der Waals surface area contributed by atoms with Crippen LogP contribution in [0.5, 0.6) is 0 Å². The highest BCUT2D eigenvalue weighted by Gasteiger charge is 1.85. The van der Waals surface area contributed by atoms with Crippen molar-refractivity contribution in [2.45, 2.75) is 0 Å². The molecule has 0 aromatic carbocycles. The van der Waals surface area contributed by atoms with Crippen molar-refractivity contribution in [1.29, 1.82) is 0 Å². The summed E-state index contributed by atoms with van der Waals surface area (Å²) in [5, 5.41) is 0.542. The largest absolute Gasteiger partial charge is 0.296 e. The van der Waals surface area contributed by atoms with Crippen molar-refractivity contribution in [3.05, 3.63) is 0 Å². The van der Waals surface area contributed by atoms with E-state index in [1.165, 1.54) is 11.8 Å². The number of thioether (sulfide) groups is 1. The van der Waals surface area contributed by atoms with Gasteiger partial charge in [0.1, 0.15) is 5.04 Å². The molecule has 0 rings (SSSR count). The lowest BCUT2D eigenvalue weighted by atomic mass is 10.8. The monoisotopic (exact) mass is 117 g/mol. The summed E-state index contributed by atoms with van der Waals surface area (Å²) >= 11 is 1.35. The number of hydrogen-bond donors (Lipinski definition) is 0. The van der Waals surface area contributed by atoms with Gasteiger partial charge in [-0.05, 0) is 6.26 Å². The molecule has 7 heavy (non-hydrogen) atoms. The Hall–Kier alpha value is -0.310. The average molecular weight is 117 g/mol. The van der Waals surface area contributed by atoms with Gasteiger partial charge in [0.05, 0.1) is 0 Å². The number of nitrogens with zero attached hydrogens (tertiary/aromatic N) is 1. The molecule has 0 saturated carbocycles. The van der Waals surface area contributed by atoms with E-state index in [0.29, 0.717) is 5.04 Å². The molecule has 2 nitrogen and oxygen atoms in total. The van der Waals surface area contributed by atoms with E-state index in [4.69, 9.17) is 0 Å². The van der Waals surface area contributed by atoms with Crippen LogP contribution in [0.25, 0.3) is 0 Å². The Morgan fingerprint density at radius 2 is 2.43 bits per heavy atom. The zero-order valence-corrected chi connectivity index (χ0v) is 5.16. The Balaban J connectivity index is 3.60. The van der Waals surface area contributed by atoms with E-state index >= 15 is 0 Å². The molecule has 0 radical (unpaired) electrons. The summed E-state index contributed by atoms with van der Waals surface area (Å²) in [6.07, 6.45) is 2.56. The van der Waals surface area contributed by atoms with E-state index in [2.05, 4.69) is 4.99 Å². The summed E-state index contributed by atoms with van der Waals surface area (Å²) in [5.74, 6) is 0. The molecular weight excluding hydrogens is 110 g/mol. The first kappa shape index (κ1) is 6.69. The van der Waals surface area contributed by atoms with Crippen LogP contribution in [0.15, 0.2) is 4.99 Å². The minimum atomic E-state index is 0.542. The van der Waals surface area contributed by atoms with Gasteiger partial charge >= 0.3 is 0 Å². The lowest BCUT2D eigenvalue weighted by Gasteiger charge is -1.82. The molecule has 0 saturated heterocycles. The number of aldehydes is 1. The van der Waals surface area contributed by atoms with Crippen LogP contribution < -0.4 is 0 Å². The Kier molecular flexibility index (Phi) is 3.69. The molecule has 0 spiro atoms. The molecule has 0 atom stereocenters. The van der Waals surface area contributed by atoms with Crippen LogP contribution in [0.2, 0.25) is 0 Å². The number of carbonyl (C=O) groups is 1. The summed E-state index contributed by atoms with van der Waals surface area (Å²) < 4.78 is 0. The minimum Gasteiger partial charge on any atom is -0.296 e. The molecule has 0 fully saturated rings. The fourth-order valence-electron chi connectivity index (χ4n) is 0.192. The van der Waals surface area contributed by atoms with Gasteiger partial charge in [0.2, 0.25) is 0 Å². The first-order chi connectivity index (χ1) is 3.35. The van der Waals surface area contributed by atoms with Gasteiger partial charge in [-0.3, -0.25) is 9.79 Å². The molecule has 0 amide bonds. The minimum absolute atomic E-state index is 0.542. The predicted molar refractivity (Wildman–Crippen MR) is 32.9 cm³/mol. The second-order valence-corrected chi connectivity index (χ2v) is 1.71. The predicted octanol–water partition coefficient (Wildman–Crippen LogP) is 0.577. The van der Waals surface area contributed by atoms with Crippen molar-refractivity contribution in [2.24, 2.45) is 4.99 Å². The van der Waals surface area contributed by atoms with Crippen LogP contribution >= 0.6 is 11.8 Å². The third-order valence-electron chi connectivity index (χ3n) is 0.530. The molecule has 0 aliphatic heterocycles. The molecule has 0 aromatic rings. The molecule has 0 bridgehead atoms. The Labute approximate surface area is 47.0 Å². The highest BCUT2D eigenvalue weighted by Crippen LogP contribution is 1.91. The van der Waals surface area contributed by atoms with Crippen molar-refractivity contribution in [3.63, 3.8) is 0 Å². The second kappa shape index (κ2) is 3.87. The number of rotatable bonds is 1. The lowest BCUT2D eigenvalue weighted by Crippen LogP contribution is -1.89. The van der Waals surface area contributed by atoms with Crippen LogP contribution in [0, 0.1) is 0 Å². The van der Waals surface area contributed by atoms with E-state index in [-0.39, 0.29) is 0 Å². The number of carbonyl (C=O) groups excluding carboxylic acids is 1. The van der Waals surface area contributed by atoms with Crippen molar-refractivity contribution in [2.75, 3.05) is 13.3 Å². The van der Waals surface area contributed by atoms with Gasteiger partial charge in [0, 0.05) is 7.05 Å². The maximum absolute atomic E-state index is 9.82. The molecule has 0 aliphatic carbocycles. The summed E-state index contributed by atoms with van der Waals surface area (Å²) in [6, 6.07) is 0. The topological polar surface area (TPSA) is 29.4 Å². The Morgan fingerprint density at radius 3 is 2.43 bits per heavy atom. The van der Waals surface area contributed by atoms with Gasteiger partial charge in [-0.15, -0.1) is 11.8 Å². The standard InChI is InChI=1S/C4H7NOS/c1-5-4(3-6)7-2/h3H,1-2H3. The molecule has 0 aliphatic rings. The van der Waals surface area contributed by atoms with Crippen LogP contribution in [-0.4, -0.2) is 24.6 Å². The maximum Gasteiger partial charge on any atom is 0.174 e. The highest BCUT2D eigenvalue weighted by molar-refractivity contribution is 8.14. The van der Waals surface area contributed by atoms with Crippen LogP contribution in [-0.2, 0) is 4.79 Å². The smallest absolute Gasteiger partial charge is 0.174 e. The van der Waals surface area contributed by atoms with E-state index in [1.807, 2.05) is 6.26 Å². The lowest BCUT2D eigenvalue weighted by molar-refractivity contribution is -0.102. The molecule has 40 valence electrons. The van der Waals surface area contributed by atoms with Crippen LogP contribution in [0.4, 0.5) is 0 Å². The van der Waals surface area contributed by atoms with Crippen LogP contribution in [0.3, 0.4) is 0 Å². The van der Waals surface area contributed by atoms with E-state index in [9.17, 15) is 4.79 Å². The summed E-state index contributed by atoms with van der Waals surface area (Å²) in [4.78, 5) is 13.5. The third-order valence-corrected chi connectivity index (χ3v) is 1.23. The zero-order chi connectivity index (χ0) is 5.70. The molecule has 0 aromatic heterocycles.